The van der Waals surface area contributed by atoms with E-state index in [-0.39, 0.29) is 10.5 Å². The van der Waals surface area contributed by atoms with Crippen molar-refractivity contribution in [2.75, 3.05) is 13.1 Å². The van der Waals surface area contributed by atoms with Crippen molar-refractivity contribution in [3.63, 3.8) is 0 Å². The molecule has 0 N–H and O–H groups in total. The fraction of sp³-hybridized carbons (Fsp3) is 0.571. The van der Waals surface area contributed by atoms with Crippen LogP contribution < -0.4 is 0 Å². The minimum atomic E-state index is -4.43. The highest BCUT2D eigenvalue weighted by molar-refractivity contribution is 7.89. The minimum absolute atomic E-state index is 0.191. The highest BCUT2D eigenvalue weighted by Crippen LogP contribution is 2.29. The number of hydrogen-bond donors (Lipinski definition) is 0. The van der Waals surface area contributed by atoms with Crippen LogP contribution in [0.25, 0.3) is 0 Å². The smallest absolute Gasteiger partial charge is 0.207 e. The number of alkyl halides is 3. The molecule has 1 aliphatic heterocycles. The van der Waals surface area contributed by atoms with Gasteiger partial charge in [0, 0.05) is 13.1 Å². The standard InChI is InChI=1S/C14H18F3NO2S/c1-11-6-8-18(9-7-11)21(19,20)13-5-3-2-4-12(13)10-14(15,16)17/h2-5,11H,6-10H2,1H3. The van der Waals surface area contributed by atoms with E-state index >= 15 is 0 Å². The third-order valence-corrected chi connectivity index (χ3v) is 5.72. The second kappa shape index (κ2) is 5.96. The predicted octanol–water partition coefficient (Wildman–Crippen LogP) is 3.21. The van der Waals surface area contributed by atoms with Crippen LogP contribution in [0, 0.1) is 5.92 Å². The highest BCUT2D eigenvalue weighted by atomic mass is 32.2. The zero-order valence-electron chi connectivity index (χ0n) is 11.7. The molecule has 118 valence electrons. The van der Waals surface area contributed by atoms with Gasteiger partial charge in [-0.15, -0.1) is 0 Å². The van der Waals surface area contributed by atoms with Gasteiger partial charge in [0.25, 0.3) is 0 Å². The van der Waals surface area contributed by atoms with Crippen LogP contribution in [0.4, 0.5) is 13.2 Å². The van der Waals surface area contributed by atoms with Crippen molar-refractivity contribution in [3.8, 4) is 0 Å². The van der Waals surface area contributed by atoms with Gasteiger partial charge in [0.05, 0.1) is 11.3 Å². The van der Waals surface area contributed by atoms with E-state index in [0.29, 0.717) is 19.0 Å². The molecule has 1 aromatic rings. The first kappa shape index (κ1) is 16.3. The molecule has 0 aromatic heterocycles. The monoisotopic (exact) mass is 321 g/mol. The lowest BCUT2D eigenvalue weighted by atomic mass is 10.0. The van der Waals surface area contributed by atoms with Crippen molar-refractivity contribution in [1.29, 1.82) is 0 Å². The van der Waals surface area contributed by atoms with Gasteiger partial charge in [-0.3, -0.25) is 0 Å². The molecule has 2 rings (SSSR count). The number of benzene rings is 1. The maximum atomic E-state index is 12.6. The Morgan fingerprint density at radius 3 is 2.33 bits per heavy atom. The van der Waals surface area contributed by atoms with Gasteiger partial charge in [0.2, 0.25) is 10.0 Å². The molecule has 21 heavy (non-hydrogen) atoms. The summed E-state index contributed by atoms with van der Waals surface area (Å²) in [6, 6.07) is 5.37. The van der Waals surface area contributed by atoms with Gasteiger partial charge < -0.3 is 0 Å². The summed E-state index contributed by atoms with van der Waals surface area (Å²) >= 11 is 0. The molecule has 1 aliphatic rings. The SMILES string of the molecule is CC1CCN(S(=O)(=O)c2ccccc2CC(F)(F)F)CC1. The summed E-state index contributed by atoms with van der Waals surface area (Å²) in [5, 5.41) is 0. The zero-order chi connectivity index (χ0) is 15.7. The molecule has 0 amide bonds. The molecule has 1 aromatic carbocycles. The second-order valence-electron chi connectivity index (χ2n) is 5.49. The van der Waals surface area contributed by atoms with E-state index in [1.54, 1.807) is 0 Å². The van der Waals surface area contributed by atoms with E-state index < -0.39 is 22.6 Å². The first-order valence-corrected chi connectivity index (χ1v) is 8.29. The van der Waals surface area contributed by atoms with Crippen LogP contribution >= 0.6 is 0 Å². The fourth-order valence-corrected chi connectivity index (χ4v) is 4.17. The van der Waals surface area contributed by atoms with Gasteiger partial charge in [0.15, 0.2) is 0 Å². The van der Waals surface area contributed by atoms with Gasteiger partial charge in [-0.05, 0) is 30.4 Å². The Balaban J connectivity index is 2.32. The van der Waals surface area contributed by atoms with Crippen LogP contribution in [-0.2, 0) is 16.4 Å². The van der Waals surface area contributed by atoms with Crippen molar-refractivity contribution in [2.45, 2.75) is 37.3 Å². The fourth-order valence-electron chi connectivity index (χ4n) is 2.48. The van der Waals surface area contributed by atoms with Gasteiger partial charge in [-0.2, -0.15) is 17.5 Å². The molecule has 0 bridgehead atoms. The Bertz CT molecular complexity index is 590. The summed E-state index contributed by atoms with van der Waals surface area (Å²) in [5.41, 5.74) is -0.191. The third-order valence-electron chi connectivity index (χ3n) is 3.72. The molecule has 3 nitrogen and oxygen atoms in total. The topological polar surface area (TPSA) is 37.4 Å². The lowest BCUT2D eigenvalue weighted by Crippen LogP contribution is -2.38. The van der Waals surface area contributed by atoms with Crippen LogP contribution in [0.2, 0.25) is 0 Å². The Kier molecular flexibility index (Phi) is 4.63. The average Bonchev–Trinajstić information content (AvgIpc) is 2.37. The number of halogens is 3. The van der Waals surface area contributed by atoms with Crippen molar-refractivity contribution in [3.05, 3.63) is 29.8 Å². The van der Waals surface area contributed by atoms with Crippen LogP contribution in [0.1, 0.15) is 25.3 Å². The van der Waals surface area contributed by atoms with Gasteiger partial charge in [0.1, 0.15) is 0 Å². The molecule has 1 fully saturated rings. The number of piperidine rings is 1. The quantitative estimate of drug-likeness (QED) is 0.857. The van der Waals surface area contributed by atoms with Gasteiger partial charge >= 0.3 is 6.18 Å². The van der Waals surface area contributed by atoms with E-state index in [2.05, 4.69) is 0 Å². The van der Waals surface area contributed by atoms with Crippen molar-refractivity contribution in [1.82, 2.24) is 4.31 Å². The van der Waals surface area contributed by atoms with E-state index in [1.807, 2.05) is 6.92 Å². The highest BCUT2D eigenvalue weighted by Gasteiger charge is 2.34. The third kappa shape index (κ3) is 3.97. The molecular formula is C14H18F3NO2S. The Hall–Kier alpha value is -1.08. The number of nitrogens with zero attached hydrogens (tertiary/aromatic N) is 1. The molecular weight excluding hydrogens is 303 g/mol. The maximum absolute atomic E-state index is 12.6. The lowest BCUT2D eigenvalue weighted by Gasteiger charge is -2.30. The van der Waals surface area contributed by atoms with Crippen molar-refractivity contribution in [2.24, 2.45) is 5.92 Å². The molecule has 0 radical (unpaired) electrons. The molecule has 0 saturated carbocycles. The average molecular weight is 321 g/mol. The molecule has 0 spiro atoms. The second-order valence-corrected chi connectivity index (χ2v) is 7.39. The predicted molar refractivity (Wildman–Crippen MR) is 73.4 cm³/mol. The summed E-state index contributed by atoms with van der Waals surface area (Å²) in [6.07, 6.45) is -4.18. The van der Waals surface area contributed by atoms with Crippen LogP contribution in [-0.4, -0.2) is 32.0 Å². The first-order chi connectivity index (χ1) is 9.70. The van der Waals surface area contributed by atoms with Crippen LogP contribution in [0.15, 0.2) is 29.2 Å². The summed E-state index contributed by atoms with van der Waals surface area (Å²) in [4.78, 5) is -0.225. The van der Waals surface area contributed by atoms with Crippen molar-refractivity contribution < 1.29 is 21.6 Å². The van der Waals surface area contributed by atoms with Crippen LogP contribution in [0.3, 0.4) is 0 Å². The van der Waals surface area contributed by atoms with E-state index in [1.165, 1.54) is 28.6 Å². The first-order valence-electron chi connectivity index (χ1n) is 6.85. The zero-order valence-corrected chi connectivity index (χ0v) is 12.5. The Morgan fingerprint density at radius 1 is 1.19 bits per heavy atom. The summed E-state index contributed by atoms with van der Waals surface area (Å²) < 4.78 is 64.2. The molecule has 7 heteroatoms. The molecule has 0 unspecified atom stereocenters. The summed E-state index contributed by atoms with van der Waals surface area (Å²) in [7, 11) is -3.86. The van der Waals surface area contributed by atoms with E-state index in [4.69, 9.17) is 0 Å². The summed E-state index contributed by atoms with van der Waals surface area (Å²) in [5.74, 6) is 0.446. The minimum Gasteiger partial charge on any atom is -0.207 e. The number of hydrogen-bond acceptors (Lipinski definition) is 2. The molecule has 1 heterocycles. The molecule has 0 aliphatic carbocycles. The molecule has 0 atom stereocenters. The van der Waals surface area contributed by atoms with Crippen LogP contribution in [0.5, 0.6) is 0 Å². The van der Waals surface area contributed by atoms with Crippen molar-refractivity contribution >= 4 is 10.0 Å². The maximum Gasteiger partial charge on any atom is 0.393 e. The number of rotatable bonds is 3. The number of sulfonamides is 1. The normalized spacial score (nSPS) is 18.9. The Labute approximate surface area is 122 Å². The van der Waals surface area contributed by atoms with Gasteiger partial charge in [-0.25, -0.2) is 8.42 Å². The van der Waals surface area contributed by atoms with E-state index in [9.17, 15) is 21.6 Å². The summed E-state index contributed by atoms with van der Waals surface area (Å²) in [6.45, 7) is 2.77. The largest absolute Gasteiger partial charge is 0.393 e. The Morgan fingerprint density at radius 2 is 1.76 bits per heavy atom. The van der Waals surface area contributed by atoms with Gasteiger partial charge in [-0.1, -0.05) is 25.1 Å². The lowest BCUT2D eigenvalue weighted by molar-refractivity contribution is -0.127. The van der Waals surface area contributed by atoms with E-state index in [0.717, 1.165) is 12.8 Å². The molecule has 1 saturated heterocycles.